The summed E-state index contributed by atoms with van der Waals surface area (Å²) < 4.78 is 5.43. The molecule has 0 aliphatic carbocycles. The van der Waals surface area contributed by atoms with Crippen LogP contribution in [0.2, 0.25) is 0 Å². The Balaban J connectivity index is 2.08. The molecular weight excluding hydrogens is 244 g/mol. The maximum absolute atomic E-state index is 11.4. The first-order valence-corrected chi connectivity index (χ1v) is 6.44. The van der Waals surface area contributed by atoms with Gasteiger partial charge in [0.2, 0.25) is 0 Å². The van der Waals surface area contributed by atoms with Gasteiger partial charge in [-0.25, -0.2) is 0 Å². The molecule has 1 atom stereocenters. The molecule has 104 valence electrons. The summed E-state index contributed by atoms with van der Waals surface area (Å²) >= 11 is 0. The van der Waals surface area contributed by atoms with E-state index in [9.17, 15) is 9.90 Å². The van der Waals surface area contributed by atoms with E-state index in [1.54, 1.807) is 0 Å². The van der Waals surface area contributed by atoms with E-state index in [1.165, 1.54) is 0 Å². The fourth-order valence-corrected chi connectivity index (χ4v) is 2.17. The minimum absolute atomic E-state index is 0.636. The molecule has 0 amide bonds. The van der Waals surface area contributed by atoms with E-state index in [4.69, 9.17) is 4.74 Å². The molecule has 1 aliphatic rings. The minimum Gasteiger partial charge on any atom is -0.493 e. The molecular formula is C14H20N2O3. The van der Waals surface area contributed by atoms with Gasteiger partial charge in [-0.15, -0.1) is 0 Å². The van der Waals surface area contributed by atoms with Crippen LogP contribution in [-0.4, -0.2) is 49.8 Å². The van der Waals surface area contributed by atoms with Gasteiger partial charge in [0.05, 0.1) is 6.61 Å². The number of likely N-dealkylation sites (N-methyl/N-ethyl adjacent to an activating group) is 1. The van der Waals surface area contributed by atoms with Gasteiger partial charge in [0, 0.05) is 19.5 Å². The third-order valence-electron chi connectivity index (χ3n) is 3.20. The van der Waals surface area contributed by atoms with Gasteiger partial charge in [-0.3, -0.25) is 10.1 Å². The number of hydrogen-bond acceptors (Lipinski definition) is 4. The van der Waals surface area contributed by atoms with Crippen LogP contribution >= 0.6 is 0 Å². The van der Waals surface area contributed by atoms with Crippen LogP contribution in [0.3, 0.4) is 0 Å². The topological polar surface area (TPSA) is 61.8 Å². The molecule has 1 unspecified atom stereocenters. The molecule has 1 aromatic carbocycles. The van der Waals surface area contributed by atoms with Crippen molar-refractivity contribution in [2.45, 2.75) is 12.5 Å². The zero-order valence-electron chi connectivity index (χ0n) is 11.3. The quantitative estimate of drug-likeness (QED) is 0.799. The fraction of sp³-hybridized carbons (Fsp3) is 0.500. The van der Waals surface area contributed by atoms with Gasteiger partial charge < -0.3 is 14.7 Å². The van der Waals surface area contributed by atoms with E-state index in [0.717, 1.165) is 29.8 Å². The Hall–Kier alpha value is -1.59. The maximum Gasteiger partial charge on any atom is 0.325 e. The molecule has 0 bridgehead atoms. The smallest absolute Gasteiger partial charge is 0.325 e. The second kappa shape index (κ2) is 6.04. The molecule has 19 heavy (non-hydrogen) atoms. The first-order valence-electron chi connectivity index (χ1n) is 6.44. The molecule has 5 heteroatoms. The number of carboxylic acid groups (broad SMARTS) is 1. The molecule has 1 aliphatic heterocycles. The highest BCUT2D eigenvalue weighted by atomic mass is 16.5. The third-order valence-corrected chi connectivity index (χ3v) is 3.20. The molecule has 1 heterocycles. The second-order valence-corrected chi connectivity index (χ2v) is 4.99. The van der Waals surface area contributed by atoms with Crippen molar-refractivity contribution in [1.29, 1.82) is 0 Å². The average Bonchev–Trinajstić information content (AvgIpc) is 2.80. The summed E-state index contributed by atoms with van der Waals surface area (Å²) in [7, 11) is 3.92. The van der Waals surface area contributed by atoms with Crippen LogP contribution in [0, 0.1) is 0 Å². The van der Waals surface area contributed by atoms with E-state index in [2.05, 4.69) is 5.32 Å². The molecule has 2 N–H and O–H groups in total. The lowest BCUT2D eigenvalue weighted by Gasteiger charge is -2.17. The van der Waals surface area contributed by atoms with Gasteiger partial charge in [0.1, 0.15) is 11.8 Å². The highest BCUT2D eigenvalue weighted by molar-refractivity contribution is 5.75. The van der Waals surface area contributed by atoms with Crippen molar-refractivity contribution in [1.82, 2.24) is 10.2 Å². The number of fused-ring (bicyclic) bond motifs is 1. The van der Waals surface area contributed by atoms with E-state index < -0.39 is 12.0 Å². The first-order chi connectivity index (χ1) is 9.08. The second-order valence-electron chi connectivity index (χ2n) is 4.99. The van der Waals surface area contributed by atoms with Crippen LogP contribution in [-0.2, 0) is 11.2 Å². The number of rotatable bonds is 6. The zero-order chi connectivity index (χ0) is 13.8. The molecule has 0 saturated heterocycles. The summed E-state index contributed by atoms with van der Waals surface area (Å²) in [5.41, 5.74) is 1.88. The van der Waals surface area contributed by atoms with Crippen molar-refractivity contribution >= 4 is 5.97 Å². The lowest BCUT2D eigenvalue weighted by atomic mass is 10.0. The number of ether oxygens (including phenoxy) is 1. The molecule has 0 fully saturated rings. The van der Waals surface area contributed by atoms with Crippen molar-refractivity contribution in [2.24, 2.45) is 0 Å². The number of aliphatic carboxylic acids is 1. The Labute approximate surface area is 113 Å². The van der Waals surface area contributed by atoms with Crippen LogP contribution in [0.15, 0.2) is 18.2 Å². The Kier molecular flexibility index (Phi) is 4.39. The summed E-state index contributed by atoms with van der Waals surface area (Å²) in [5.74, 6) is 0.0267. The number of hydrogen-bond donors (Lipinski definition) is 2. The SMILES string of the molecule is CN(C)CCNC(C(=O)O)c1ccc2c(c1)CCO2. The van der Waals surface area contributed by atoms with Crippen LogP contribution in [0.4, 0.5) is 0 Å². The van der Waals surface area contributed by atoms with Gasteiger partial charge >= 0.3 is 5.97 Å². The maximum atomic E-state index is 11.4. The van der Waals surface area contributed by atoms with E-state index >= 15 is 0 Å². The predicted molar refractivity (Wildman–Crippen MR) is 72.6 cm³/mol. The third kappa shape index (κ3) is 3.45. The van der Waals surface area contributed by atoms with Crippen LogP contribution in [0.25, 0.3) is 0 Å². The lowest BCUT2D eigenvalue weighted by Crippen LogP contribution is -2.33. The lowest BCUT2D eigenvalue weighted by molar-refractivity contribution is -0.139. The van der Waals surface area contributed by atoms with Crippen molar-refractivity contribution in [3.05, 3.63) is 29.3 Å². The van der Waals surface area contributed by atoms with Crippen LogP contribution in [0.5, 0.6) is 5.75 Å². The molecule has 0 radical (unpaired) electrons. The van der Waals surface area contributed by atoms with Crippen LogP contribution in [0.1, 0.15) is 17.2 Å². The summed E-state index contributed by atoms with van der Waals surface area (Å²) in [6.07, 6.45) is 0.854. The van der Waals surface area contributed by atoms with Gasteiger partial charge in [0.15, 0.2) is 0 Å². The first kappa shape index (κ1) is 13.8. The normalized spacial score (nSPS) is 15.1. The van der Waals surface area contributed by atoms with Crippen LogP contribution < -0.4 is 10.1 Å². The summed E-state index contributed by atoms with van der Waals surface area (Å²) in [5, 5.41) is 12.4. The largest absolute Gasteiger partial charge is 0.493 e. The van der Waals surface area contributed by atoms with Gasteiger partial charge in [-0.1, -0.05) is 6.07 Å². The van der Waals surface area contributed by atoms with E-state index in [0.29, 0.717) is 13.2 Å². The standard InChI is InChI=1S/C14H20N2O3/c1-16(2)7-6-15-13(14(17)18)11-3-4-12-10(9-11)5-8-19-12/h3-4,9,13,15H,5-8H2,1-2H3,(H,17,18). The van der Waals surface area contributed by atoms with Gasteiger partial charge in [0.25, 0.3) is 0 Å². The van der Waals surface area contributed by atoms with E-state index in [1.807, 2.05) is 37.2 Å². The van der Waals surface area contributed by atoms with Crippen molar-refractivity contribution in [2.75, 3.05) is 33.8 Å². The molecule has 5 nitrogen and oxygen atoms in total. The summed E-state index contributed by atoms with van der Waals surface area (Å²) in [6, 6.07) is 4.96. The van der Waals surface area contributed by atoms with Gasteiger partial charge in [-0.2, -0.15) is 0 Å². The fourth-order valence-electron chi connectivity index (χ4n) is 2.17. The number of nitrogens with one attached hydrogen (secondary N) is 1. The predicted octanol–water partition coefficient (Wildman–Crippen LogP) is 0.898. The number of carboxylic acids is 1. The van der Waals surface area contributed by atoms with E-state index in [-0.39, 0.29) is 0 Å². The summed E-state index contributed by atoms with van der Waals surface area (Å²) in [4.78, 5) is 13.4. The Bertz CT molecular complexity index is 460. The molecule has 0 aromatic heterocycles. The Morgan fingerprint density at radius 3 is 3.00 bits per heavy atom. The van der Waals surface area contributed by atoms with Crippen molar-refractivity contribution < 1.29 is 14.6 Å². The minimum atomic E-state index is -0.849. The molecule has 0 spiro atoms. The Morgan fingerprint density at radius 1 is 1.53 bits per heavy atom. The summed E-state index contributed by atoms with van der Waals surface area (Å²) in [6.45, 7) is 2.12. The van der Waals surface area contributed by atoms with Gasteiger partial charge in [-0.05, 0) is 37.4 Å². The Morgan fingerprint density at radius 2 is 2.32 bits per heavy atom. The molecule has 2 rings (SSSR count). The molecule has 1 aromatic rings. The molecule has 0 saturated carbocycles. The highest BCUT2D eigenvalue weighted by Crippen LogP contribution is 2.28. The number of nitrogens with zero attached hydrogens (tertiary/aromatic N) is 1. The monoisotopic (exact) mass is 264 g/mol. The number of carbonyl (C=O) groups is 1. The van der Waals surface area contributed by atoms with Crippen molar-refractivity contribution in [3.8, 4) is 5.75 Å². The highest BCUT2D eigenvalue weighted by Gasteiger charge is 2.21. The zero-order valence-corrected chi connectivity index (χ0v) is 11.3. The average molecular weight is 264 g/mol. The number of benzene rings is 1. The van der Waals surface area contributed by atoms with Crippen molar-refractivity contribution in [3.63, 3.8) is 0 Å².